The average molecular weight is 339 g/mol. The molecule has 0 bridgehead atoms. The maximum Gasteiger partial charge on any atom is 0.240 e. The number of carbonyl (C=O) groups excluding carboxylic acids is 3. The van der Waals surface area contributed by atoms with Crippen LogP contribution in [-0.2, 0) is 14.4 Å². The number of primary amides is 1. The summed E-state index contributed by atoms with van der Waals surface area (Å²) in [5, 5.41) is 0. The first-order chi connectivity index (χ1) is 11.2. The third-order valence-corrected chi connectivity index (χ3v) is 4.85. The molecule has 1 rings (SSSR count). The molecular formula is C18H33N3O3. The molecule has 0 aromatic heterocycles. The van der Waals surface area contributed by atoms with Gasteiger partial charge in [-0.1, -0.05) is 27.7 Å². The number of likely N-dealkylation sites (tertiary alicyclic amines) is 1. The highest BCUT2D eigenvalue weighted by molar-refractivity contribution is 5.88. The summed E-state index contributed by atoms with van der Waals surface area (Å²) >= 11 is 0. The van der Waals surface area contributed by atoms with Crippen molar-refractivity contribution in [3.8, 4) is 0 Å². The molecule has 0 saturated carbocycles. The molecule has 1 aliphatic rings. The smallest absolute Gasteiger partial charge is 0.240 e. The fourth-order valence-electron chi connectivity index (χ4n) is 3.66. The predicted molar refractivity (Wildman–Crippen MR) is 94.0 cm³/mol. The molecule has 24 heavy (non-hydrogen) atoms. The van der Waals surface area contributed by atoms with Crippen LogP contribution in [0.4, 0.5) is 0 Å². The molecule has 3 amide bonds. The van der Waals surface area contributed by atoms with Crippen LogP contribution in [-0.4, -0.2) is 53.7 Å². The van der Waals surface area contributed by atoms with Crippen LogP contribution in [0.3, 0.4) is 0 Å². The Morgan fingerprint density at radius 1 is 1.33 bits per heavy atom. The molecule has 0 radical (unpaired) electrons. The number of hydrogen-bond donors (Lipinski definition) is 1. The van der Waals surface area contributed by atoms with Gasteiger partial charge in [-0.05, 0) is 30.6 Å². The van der Waals surface area contributed by atoms with Gasteiger partial charge in [-0.25, -0.2) is 0 Å². The van der Waals surface area contributed by atoms with E-state index >= 15 is 0 Å². The van der Waals surface area contributed by atoms with Crippen molar-refractivity contribution in [3.05, 3.63) is 0 Å². The molecule has 1 heterocycles. The number of nitrogens with zero attached hydrogens (tertiary/aromatic N) is 2. The first kappa shape index (κ1) is 20.5. The van der Waals surface area contributed by atoms with E-state index in [2.05, 4.69) is 13.8 Å². The van der Waals surface area contributed by atoms with Crippen molar-refractivity contribution in [1.82, 2.24) is 9.80 Å². The molecule has 1 aliphatic heterocycles. The van der Waals surface area contributed by atoms with Gasteiger partial charge in [0.25, 0.3) is 0 Å². The highest BCUT2D eigenvalue weighted by Gasteiger charge is 2.39. The molecule has 2 N–H and O–H groups in total. The van der Waals surface area contributed by atoms with E-state index in [-0.39, 0.29) is 23.7 Å². The van der Waals surface area contributed by atoms with Crippen LogP contribution in [0.2, 0.25) is 0 Å². The molecule has 0 aromatic carbocycles. The summed E-state index contributed by atoms with van der Waals surface area (Å²) in [6, 6.07) is -0.528. The van der Waals surface area contributed by atoms with Crippen LogP contribution in [0.25, 0.3) is 0 Å². The third kappa shape index (κ3) is 5.49. The molecule has 6 nitrogen and oxygen atoms in total. The van der Waals surface area contributed by atoms with Crippen molar-refractivity contribution < 1.29 is 14.4 Å². The Morgan fingerprint density at radius 3 is 2.46 bits per heavy atom. The van der Waals surface area contributed by atoms with Crippen molar-refractivity contribution in [3.63, 3.8) is 0 Å². The quantitative estimate of drug-likeness (QED) is 0.693. The fourth-order valence-corrected chi connectivity index (χ4v) is 3.66. The van der Waals surface area contributed by atoms with Gasteiger partial charge >= 0.3 is 0 Å². The van der Waals surface area contributed by atoms with E-state index in [4.69, 9.17) is 5.73 Å². The average Bonchev–Trinajstić information content (AvgIpc) is 2.83. The van der Waals surface area contributed by atoms with E-state index in [1.807, 2.05) is 13.8 Å². The maximum atomic E-state index is 12.4. The molecular weight excluding hydrogens is 306 g/mol. The van der Waals surface area contributed by atoms with Crippen molar-refractivity contribution in [1.29, 1.82) is 0 Å². The Hall–Kier alpha value is -1.59. The van der Waals surface area contributed by atoms with Crippen LogP contribution in [0.5, 0.6) is 0 Å². The molecule has 1 saturated heterocycles. The minimum Gasteiger partial charge on any atom is -0.368 e. The first-order valence-corrected chi connectivity index (χ1v) is 9.00. The highest BCUT2D eigenvalue weighted by Crippen LogP contribution is 2.28. The van der Waals surface area contributed by atoms with Crippen LogP contribution >= 0.6 is 0 Å². The molecule has 3 atom stereocenters. The summed E-state index contributed by atoms with van der Waals surface area (Å²) in [4.78, 5) is 39.3. The number of rotatable bonds is 9. The SMILES string of the molecule is CCC(=O)N(C)CCC1CC(=O)N(C(C(N)=O)C(C)CC(C)C)C1. The summed E-state index contributed by atoms with van der Waals surface area (Å²) in [5.41, 5.74) is 5.60. The van der Waals surface area contributed by atoms with Crippen molar-refractivity contribution in [2.45, 2.75) is 59.4 Å². The Labute approximate surface area is 145 Å². The second-order valence-corrected chi connectivity index (χ2v) is 7.53. The second-order valence-electron chi connectivity index (χ2n) is 7.53. The van der Waals surface area contributed by atoms with Gasteiger partial charge in [0.05, 0.1) is 0 Å². The van der Waals surface area contributed by atoms with Gasteiger partial charge in [-0.3, -0.25) is 14.4 Å². The summed E-state index contributed by atoms with van der Waals surface area (Å²) < 4.78 is 0. The predicted octanol–water partition coefficient (Wildman–Crippen LogP) is 1.63. The number of amides is 3. The van der Waals surface area contributed by atoms with Gasteiger partial charge in [-0.15, -0.1) is 0 Å². The number of nitrogens with two attached hydrogens (primary N) is 1. The molecule has 138 valence electrons. The van der Waals surface area contributed by atoms with E-state index in [1.54, 1.807) is 16.8 Å². The Bertz CT molecular complexity index is 464. The van der Waals surface area contributed by atoms with Gasteiger partial charge in [-0.2, -0.15) is 0 Å². The Morgan fingerprint density at radius 2 is 1.96 bits per heavy atom. The zero-order valence-electron chi connectivity index (χ0n) is 15.7. The molecule has 0 aliphatic carbocycles. The molecule has 0 spiro atoms. The lowest BCUT2D eigenvalue weighted by Crippen LogP contribution is -2.49. The zero-order valence-corrected chi connectivity index (χ0v) is 15.7. The fraction of sp³-hybridized carbons (Fsp3) is 0.833. The van der Waals surface area contributed by atoms with Crippen LogP contribution < -0.4 is 5.73 Å². The summed E-state index contributed by atoms with van der Waals surface area (Å²) in [6.45, 7) is 9.23. The van der Waals surface area contributed by atoms with E-state index in [0.29, 0.717) is 31.8 Å². The van der Waals surface area contributed by atoms with Gasteiger partial charge in [0, 0.05) is 33.0 Å². The van der Waals surface area contributed by atoms with Gasteiger partial charge < -0.3 is 15.5 Å². The van der Waals surface area contributed by atoms with Crippen LogP contribution in [0, 0.1) is 17.8 Å². The minimum atomic E-state index is -0.528. The van der Waals surface area contributed by atoms with Crippen molar-refractivity contribution >= 4 is 17.7 Å². The summed E-state index contributed by atoms with van der Waals surface area (Å²) in [5.74, 6) is 0.368. The molecule has 1 fully saturated rings. The highest BCUT2D eigenvalue weighted by atomic mass is 16.2. The van der Waals surface area contributed by atoms with Gasteiger partial charge in [0.1, 0.15) is 6.04 Å². The third-order valence-electron chi connectivity index (χ3n) is 4.85. The second kappa shape index (κ2) is 9.04. The normalized spacial score (nSPS) is 20.3. The van der Waals surface area contributed by atoms with Crippen molar-refractivity contribution in [2.75, 3.05) is 20.1 Å². The Balaban J connectivity index is 2.67. The number of carbonyl (C=O) groups is 3. The largest absolute Gasteiger partial charge is 0.368 e. The molecule has 0 aromatic rings. The summed E-state index contributed by atoms with van der Waals surface area (Å²) in [6.07, 6.45) is 2.55. The topological polar surface area (TPSA) is 83.7 Å². The lowest BCUT2D eigenvalue weighted by Gasteiger charge is -2.31. The molecule has 6 heteroatoms. The lowest BCUT2D eigenvalue weighted by atomic mass is 9.90. The van der Waals surface area contributed by atoms with E-state index in [9.17, 15) is 14.4 Å². The monoisotopic (exact) mass is 339 g/mol. The Kier molecular flexibility index (Phi) is 7.70. The standard InChI is InChI=1S/C18H33N3O3/c1-6-15(22)20(5)8-7-14-10-16(23)21(11-14)17(18(19)24)13(4)9-12(2)3/h12-14,17H,6-11H2,1-5H3,(H2,19,24). The van der Waals surface area contributed by atoms with E-state index < -0.39 is 11.9 Å². The maximum absolute atomic E-state index is 12.4. The van der Waals surface area contributed by atoms with Gasteiger partial charge in [0.15, 0.2) is 0 Å². The van der Waals surface area contributed by atoms with Crippen LogP contribution in [0.15, 0.2) is 0 Å². The van der Waals surface area contributed by atoms with Crippen LogP contribution in [0.1, 0.15) is 53.4 Å². The van der Waals surface area contributed by atoms with E-state index in [0.717, 1.165) is 12.8 Å². The first-order valence-electron chi connectivity index (χ1n) is 9.00. The zero-order chi connectivity index (χ0) is 18.4. The summed E-state index contributed by atoms with van der Waals surface area (Å²) in [7, 11) is 1.79. The number of hydrogen-bond acceptors (Lipinski definition) is 3. The lowest BCUT2D eigenvalue weighted by molar-refractivity contribution is -0.138. The van der Waals surface area contributed by atoms with E-state index in [1.165, 1.54) is 0 Å². The minimum absolute atomic E-state index is 0.00359. The van der Waals surface area contributed by atoms with Gasteiger partial charge in [0.2, 0.25) is 17.7 Å². The molecule has 3 unspecified atom stereocenters. The van der Waals surface area contributed by atoms with Crippen molar-refractivity contribution in [2.24, 2.45) is 23.5 Å².